The fraction of sp³-hybridized carbons (Fsp3) is 0.200. The van der Waals surface area contributed by atoms with E-state index in [1.54, 1.807) is 0 Å². The van der Waals surface area contributed by atoms with E-state index in [-0.39, 0.29) is 28.2 Å². The number of nitrogens with zero attached hydrogens (tertiary/aromatic N) is 3. The highest BCUT2D eigenvalue weighted by Gasteiger charge is 2.24. The van der Waals surface area contributed by atoms with E-state index in [1.807, 2.05) is 0 Å². The van der Waals surface area contributed by atoms with Crippen LogP contribution in [0.25, 0.3) is 0 Å². The van der Waals surface area contributed by atoms with Gasteiger partial charge in [0.2, 0.25) is 6.04 Å². The maximum atomic E-state index is 12.5. The summed E-state index contributed by atoms with van der Waals surface area (Å²) in [6, 6.07) is 7.15. The molecule has 0 heterocycles. The van der Waals surface area contributed by atoms with Gasteiger partial charge in [-0.1, -0.05) is 0 Å². The number of nitro benzene ring substituents is 1. The molecule has 0 aromatic heterocycles. The number of carbonyl (C=O) groups excluding carboxylic acids is 4. The average molecular weight is 442 g/mol. The lowest BCUT2D eigenvalue weighted by molar-refractivity contribution is -0.384. The summed E-state index contributed by atoms with van der Waals surface area (Å²) in [4.78, 5) is 58.3. The van der Waals surface area contributed by atoms with Gasteiger partial charge in [0.1, 0.15) is 5.69 Å². The molecule has 12 nitrogen and oxygen atoms in total. The number of ether oxygens (including phenoxy) is 2. The molecule has 0 fully saturated rings. The number of methoxy groups -OCH3 is 2. The molecule has 0 spiro atoms. The largest absolute Gasteiger partial charge is 0.465 e. The molecule has 0 saturated heterocycles. The SMILES string of the molecule is COC(=O)c1ccc(C(=O)OC)c(N=NC(C(C)=O)C(=O)Nc2ccc([N+](=O)[O-])cc2)c1. The first-order valence-corrected chi connectivity index (χ1v) is 8.95. The molecule has 12 heteroatoms. The number of azo groups is 1. The van der Waals surface area contributed by atoms with E-state index in [0.29, 0.717) is 0 Å². The number of rotatable bonds is 8. The maximum Gasteiger partial charge on any atom is 0.340 e. The Morgan fingerprint density at radius 2 is 1.62 bits per heavy atom. The monoisotopic (exact) mass is 442 g/mol. The van der Waals surface area contributed by atoms with E-state index >= 15 is 0 Å². The number of nitrogens with one attached hydrogen (secondary N) is 1. The van der Waals surface area contributed by atoms with E-state index in [0.717, 1.165) is 14.0 Å². The molecule has 166 valence electrons. The first kappa shape index (κ1) is 23.8. The van der Waals surface area contributed by atoms with Crippen LogP contribution in [0.2, 0.25) is 0 Å². The second kappa shape index (κ2) is 10.5. The minimum absolute atomic E-state index is 0.0537. The summed E-state index contributed by atoms with van der Waals surface area (Å²) in [5, 5.41) is 20.7. The molecule has 2 aromatic rings. The van der Waals surface area contributed by atoms with Crippen molar-refractivity contribution < 1.29 is 33.6 Å². The quantitative estimate of drug-likeness (QED) is 0.214. The normalized spacial score (nSPS) is 11.5. The topological polar surface area (TPSA) is 167 Å². The summed E-state index contributed by atoms with van der Waals surface area (Å²) >= 11 is 0. The highest BCUT2D eigenvalue weighted by Crippen LogP contribution is 2.24. The van der Waals surface area contributed by atoms with Crippen molar-refractivity contribution in [1.29, 1.82) is 0 Å². The molecule has 0 aliphatic rings. The third kappa shape index (κ3) is 5.78. The molecular weight excluding hydrogens is 424 g/mol. The third-order valence-electron chi connectivity index (χ3n) is 4.08. The first-order chi connectivity index (χ1) is 15.2. The second-order valence-corrected chi connectivity index (χ2v) is 6.24. The van der Waals surface area contributed by atoms with E-state index in [1.165, 1.54) is 49.6 Å². The number of non-ortho nitro benzene ring substituents is 1. The fourth-order valence-electron chi connectivity index (χ4n) is 2.46. The number of nitro groups is 1. The maximum absolute atomic E-state index is 12.5. The Labute approximate surface area is 181 Å². The van der Waals surface area contributed by atoms with Crippen molar-refractivity contribution >= 4 is 40.7 Å². The van der Waals surface area contributed by atoms with Crippen LogP contribution in [-0.4, -0.2) is 48.8 Å². The number of benzene rings is 2. The molecule has 1 unspecified atom stereocenters. The lowest BCUT2D eigenvalue weighted by Crippen LogP contribution is -2.31. The number of carbonyl (C=O) groups is 4. The Hall–Kier alpha value is -4.48. The molecule has 32 heavy (non-hydrogen) atoms. The molecule has 2 rings (SSSR count). The highest BCUT2D eigenvalue weighted by atomic mass is 16.6. The Kier molecular flexibility index (Phi) is 7.82. The van der Waals surface area contributed by atoms with Gasteiger partial charge in [0.05, 0.1) is 30.3 Å². The van der Waals surface area contributed by atoms with E-state index < -0.39 is 34.6 Å². The molecular formula is C20H18N4O8. The van der Waals surface area contributed by atoms with E-state index in [2.05, 4.69) is 25.0 Å². The van der Waals surface area contributed by atoms with Crippen LogP contribution in [0.4, 0.5) is 17.1 Å². The number of ketones is 1. The fourth-order valence-corrected chi connectivity index (χ4v) is 2.46. The number of amides is 1. The van der Waals surface area contributed by atoms with Crippen molar-refractivity contribution in [3.8, 4) is 0 Å². The molecule has 0 aliphatic carbocycles. The molecule has 0 radical (unpaired) electrons. The van der Waals surface area contributed by atoms with Gasteiger partial charge in [-0.15, -0.1) is 0 Å². The van der Waals surface area contributed by atoms with Gasteiger partial charge in [0, 0.05) is 17.8 Å². The third-order valence-corrected chi connectivity index (χ3v) is 4.08. The molecule has 0 aliphatic heterocycles. The van der Waals surface area contributed by atoms with Crippen LogP contribution in [0.5, 0.6) is 0 Å². The zero-order valence-corrected chi connectivity index (χ0v) is 17.2. The minimum Gasteiger partial charge on any atom is -0.465 e. The van der Waals surface area contributed by atoms with Gasteiger partial charge in [-0.3, -0.25) is 19.7 Å². The average Bonchev–Trinajstić information content (AvgIpc) is 2.78. The van der Waals surface area contributed by atoms with Crippen molar-refractivity contribution in [2.45, 2.75) is 13.0 Å². The number of anilines is 1. The molecule has 1 N–H and O–H groups in total. The predicted molar refractivity (Wildman–Crippen MR) is 110 cm³/mol. The van der Waals surface area contributed by atoms with Gasteiger partial charge >= 0.3 is 11.9 Å². The van der Waals surface area contributed by atoms with Crippen LogP contribution in [0.15, 0.2) is 52.7 Å². The summed E-state index contributed by atoms with van der Waals surface area (Å²) in [5.74, 6) is -2.97. The van der Waals surface area contributed by atoms with Crippen LogP contribution in [-0.2, 0) is 19.1 Å². The van der Waals surface area contributed by atoms with Crippen LogP contribution in [0.1, 0.15) is 27.6 Å². The summed E-state index contributed by atoms with van der Waals surface area (Å²) in [6.45, 7) is 1.12. The highest BCUT2D eigenvalue weighted by molar-refractivity contribution is 6.10. The number of esters is 2. The van der Waals surface area contributed by atoms with Gasteiger partial charge < -0.3 is 14.8 Å². The van der Waals surface area contributed by atoms with E-state index in [9.17, 15) is 29.3 Å². The Bertz CT molecular complexity index is 1100. The Morgan fingerprint density at radius 3 is 2.16 bits per heavy atom. The lowest BCUT2D eigenvalue weighted by Gasteiger charge is -2.10. The lowest BCUT2D eigenvalue weighted by atomic mass is 10.1. The Morgan fingerprint density at radius 1 is 1.00 bits per heavy atom. The van der Waals surface area contributed by atoms with Gasteiger partial charge in [0.25, 0.3) is 11.6 Å². The van der Waals surface area contributed by atoms with Crippen molar-refractivity contribution in [3.63, 3.8) is 0 Å². The predicted octanol–water partition coefficient (Wildman–Crippen LogP) is 2.85. The van der Waals surface area contributed by atoms with Crippen LogP contribution in [0, 0.1) is 10.1 Å². The van der Waals surface area contributed by atoms with Gasteiger partial charge in [-0.05, 0) is 37.3 Å². The molecule has 2 aromatic carbocycles. The Balaban J connectivity index is 2.33. The molecule has 0 bridgehead atoms. The smallest absolute Gasteiger partial charge is 0.340 e. The molecule has 0 saturated carbocycles. The second-order valence-electron chi connectivity index (χ2n) is 6.24. The zero-order chi connectivity index (χ0) is 23.8. The van der Waals surface area contributed by atoms with Crippen molar-refractivity contribution in [2.75, 3.05) is 19.5 Å². The number of hydrogen-bond donors (Lipinski definition) is 1. The van der Waals surface area contributed by atoms with E-state index in [4.69, 9.17) is 0 Å². The van der Waals surface area contributed by atoms with Crippen molar-refractivity contribution in [3.05, 3.63) is 63.7 Å². The summed E-state index contributed by atoms with van der Waals surface area (Å²) < 4.78 is 9.28. The van der Waals surface area contributed by atoms with Crippen molar-refractivity contribution in [1.82, 2.24) is 0 Å². The summed E-state index contributed by atoms with van der Waals surface area (Å²) in [7, 11) is 2.32. The number of hydrogen-bond acceptors (Lipinski definition) is 10. The van der Waals surface area contributed by atoms with Crippen LogP contribution < -0.4 is 5.32 Å². The number of Topliss-reactive ketones (excluding diaryl/α,β-unsaturated/α-hetero) is 1. The summed E-state index contributed by atoms with van der Waals surface area (Å²) in [5.41, 5.74) is -0.0865. The summed E-state index contributed by atoms with van der Waals surface area (Å²) in [6.07, 6.45) is 0. The van der Waals surface area contributed by atoms with Gasteiger partial charge in [-0.2, -0.15) is 10.2 Å². The van der Waals surface area contributed by atoms with Crippen LogP contribution >= 0.6 is 0 Å². The molecule has 1 amide bonds. The van der Waals surface area contributed by atoms with Gasteiger partial charge in [0.15, 0.2) is 5.78 Å². The standard InChI is InChI=1S/C20H18N4O8/c1-11(25)17(18(26)21-13-5-7-14(8-6-13)24(29)30)23-22-16-10-12(19(27)31-2)4-9-15(16)20(28)32-3/h4-10,17H,1-3H3,(H,21,26). The van der Waals surface area contributed by atoms with Gasteiger partial charge in [-0.25, -0.2) is 9.59 Å². The zero-order valence-electron chi connectivity index (χ0n) is 17.2. The first-order valence-electron chi connectivity index (χ1n) is 8.95. The van der Waals surface area contributed by atoms with Crippen molar-refractivity contribution in [2.24, 2.45) is 10.2 Å². The molecule has 1 atom stereocenters. The van der Waals surface area contributed by atoms with Crippen LogP contribution in [0.3, 0.4) is 0 Å². The minimum atomic E-state index is -1.59.